The van der Waals surface area contributed by atoms with E-state index < -0.39 is 9.84 Å². The van der Waals surface area contributed by atoms with E-state index in [4.69, 9.17) is 9.15 Å². The highest BCUT2D eigenvalue weighted by atomic mass is 32.2. The van der Waals surface area contributed by atoms with Crippen molar-refractivity contribution in [3.8, 4) is 11.5 Å². The lowest BCUT2D eigenvalue weighted by atomic mass is 10.1. The van der Waals surface area contributed by atoms with Crippen molar-refractivity contribution in [1.82, 2.24) is 20.1 Å². The first-order valence-corrected chi connectivity index (χ1v) is 11.1. The molecule has 0 spiro atoms. The fraction of sp³-hybridized carbons (Fsp3) is 0.421. The maximum absolute atomic E-state index is 12.9. The minimum atomic E-state index is -3.10. The number of carbonyl (C=O) groups excluding carboxylic acids is 1. The smallest absolute Gasteiger partial charge is 0.252 e. The molecule has 0 aromatic carbocycles. The van der Waals surface area contributed by atoms with Gasteiger partial charge in [-0.15, -0.1) is 0 Å². The predicted molar refractivity (Wildman–Crippen MR) is 106 cm³/mol. The lowest BCUT2D eigenvalue weighted by Gasteiger charge is -2.11. The maximum atomic E-state index is 12.9. The third-order valence-corrected chi connectivity index (χ3v) is 6.75. The van der Waals surface area contributed by atoms with Gasteiger partial charge in [-0.2, -0.15) is 5.10 Å². The molecule has 3 aromatic rings. The molecular formula is C19H22N4O5S. The number of nitrogens with zero attached hydrogens (tertiary/aromatic N) is 3. The molecule has 1 fully saturated rings. The van der Waals surface area contributed by atoms with Crippen molar-refractivity contribution in [3.63, 3.8) is 0 Å². The zero-order valence-electron chi connectivity index (χ0n) is 16.2. The number of pyridine rings is 1. The van der Waals surface area contributed by atoms with Crippen LogP contribution in [0.25, 0.3) is 22.5 Å². The predicted octanol–water partition coefficient (Wildman–Crippen LogP) is 1.74. The summed E-state index contributed by atoms with van der Waals surface area (Å²) in [5, 5.41) is 7.99. The van der Waals surface area contributed by atoms with Crippen molar-refractivity contribution in [1.29, 1.82) is 0 Å². The van der Waals surface area contributed by atoms with Crippen LogP contribution in [0.3, 0.4) is 0 Å². The van der Waals surface area contributed by atoms with Crippen molar-refractivity contribution in [2.45, 2.75) is 19.4 Å². The Morgan fingerprint density at radius 2 is 2.28 bits per heavy atom. The minimum absolute atomic E-state index is 0.0191. The van der Waals surface area contributed by atoms with E-state index in [9.17, 15) is 13.2 Å². The van der Waals surface area contributed by atoms with Gasteiger partial charge >= 0.3 is 0 Å². The van der Waals surface area contributed by atoms with Gasteiger partial charge in [-0.05, 0) is 31.5 Å². The van der Waals surface area contributed by atoms with Gasteiger partial charge in [0.1, 0.15) is 5.69 Å². The molecular weight excluding hydrogens is 396 g/mol. The average molecular weight is 418 g/mol. The van der Waals surface area contributed by atoms with Crippen LogP contribution in [0, 0.1) is 6.92 Å². The molecule has 29 heavy (non-hydrogen) atoms. The second-order valence-electron chi connectivity index (χ2n) is 7.07. The van der Waals surface area contributed by atoms with Gasteiger partial charge in [0, 0.05) is 13.7 Å². The fourth-order valence-corrected chi connectivity index (χ4v) is 5.32. The third-order valence-electron chi connectivity index (χ3n) is 5.00. The molecule has 1 aliphatic heterocycles. The van der Waals surface area contributed by atoms with Gasteiger partial charge in [0.05, 0.1) is 47.1 Å². The molecule has 3 aromatic heterocycles. The quantitative estimate of drug-likeness (QED) is 0.606. The molecule has 10 heteroatoms. The SMILES string of the molecule is COCCNC(=O)c1cc(-c2ccco2)nc2c1c(C)nn2[C@@H]1CCS(=O)(=O)C1. The number of nitrogens with one attached hydrogen (secondary N) is 1. The van der Waals surface area contributed by atoms with Crippen molar-refractivity contribution in [2.75, 3.05) is 31.8 Å². The van der Waals surface area contributed by atoms with Crippen molar-refractivity contribution in [3.05, 3.63) is 35.7 Å². The Morgan fingerprint density at radius 3 is 2.93 bits per heavy atom. The number of rotatable bonds is 6. The zero-order chi connectivity index (χ0) is 20.6. The lowest BCUT2D eigenvalue weighted by Crippen LogP contribution is -2.27. The van der Waals surface area contributed by atoms with E-state index >= 15 is 0 Å². The van der Waals surface area contributed by atoms with E-state index in [2.05, 4.69) is 15.4 Å². The summed E-state index contributed by atoms with van der Waals surface area (Å²) >= 11 is 0. The monoisotopic (exact) mass is 418 g/mol. The van der Waals surface area contributed by atoms with Crippen LogP contribution in [0.15, 0.2) is 28.9 Å². The number of carbonyl (C=O) groups is 1. The summed E-state index contributed by atoms with van der Waals surface area (Å²) < 4.78 is 36.1. The van der Waals surface area contributed by atoms with Crippen LogP contribution in [0.1, 0.15) is 28.5 Å². The second-order valence-corrected chi connectivity index (χ2v) is 9.30. The summed E-state index contributed by atoms with van der Waals surface area (Å²) in [6, 6.07) is 4.87. The summed E-state index contributed by atoms with van der Waals surface area (Å²) in [5.74, 6) is 0.386. The highest BCUT2D eigenvalue weighted by Crippen LogP contribution is 2.32. The van der Waals surface area contributed by atoms with E-state index in [0.29, 0.717) is 53.3 Å². The Labute approximate surface area is 168 Å². The highest BCUT2D eigenvalue weighted by Gasteiger charge is 2.32. The molecule has 9 nitrogen and oxygen atoms in total. The fourth-order valence-electron chi connectivity index (χ4n) is 3.63. The Bertz CT molecular complexity index is 1150. The number of aryl methyl sites for hydroxylation is 1. The van der Waals surface area contributed by atoms with Gasteiger partial charge in [-0.25, -0.2) is 18.1 Å². The third kappa shape index (κ3) is 3.77. The molecule has 4 rings (SSSR count). The number of ether oxygens (including phenoxy) is 1. The maximum Gasteiger partial charge on any atom is 0.252 e. The molecule has 154 valence electrons. The highest BCUT2D eigenvalue weighted by molar-refractivity contribution is 7.91. The number of fused-ring (bicyclic) bond motifs is 1. The number of hydrogen-bond acceptors (Lipinski definition) is 7. The number of amides is 1. The van der Waals surface area contributed by atoms with Gasteiger partial charge in [-0.3, -0.25) is 4.79 Å². The van der Waals surface area contributed by atoms with Gasteiger partial charge in [0.2, 0.25) is 0 Å². The van der Waals surface area contributed by atoms with E-state index in [0.717, 1.165) is 0 Å². The van der Waals surface area contributed by atoms with Gasteiger partial charge in [-0.1, -0.05) is 0 Å². The summed E-state index contributed by atoms with van der Waals surface area (Å²) in [5.41, 5.74) is 2.01. The van der Waals surface area contributed by atoms with E-state index in [1.165, 1.54) is 6.26 Å². The molecule has 4 heterocycles. The number of aromatic nitrogens is 3. The number of methoxy groups -OCH3 is 1. The Morgan fingerprint density at radius 1 is 1.45 bits per heavy atom. The Balaban J connectivity index is 1.86. The second kappa shape index (κ2) is 7.60. The number of sulfone groups is 1. The van der Waals surface area contributed by atoms with Crippen molar-refractivity contribution in [2.24, 2.45) is 0 Å². The van der Waals surface area contributed by atoms with Crippen LogP contribution in [-0.2, 0) is 14.6 Å². The molecule has 1 atom stereocenters. The summed E-state index contributed by atoms with van der Waals surface area (Å²) in [6.45, 7) is 2.55. The van der Waals surface area contributed by atoms with Gasteiger partial charge in [0.15, 0.2) is 21.2 Å². The average Bonchev–Trinajstić information content (AvgIpc) is 3.40. The van der Waals surface area contributed by atoms with Crippen LogP contribution in [0.2, 0.25) is 0 Å². The molecule has 0 radical (unpaired) electrons. The van der Waals surface area contributed by atoms with Crippen LogP contribution < -0.4 is 5.32 Å². The van der Waals surface area contributed by atoms with Gasteiger partial charge < -0.3 is 14.5 Å². The van der Waals surface area contributed by atoms with Crippen molar-refractivity contribution < 1.29 is 22.4 Å². The number of furan rings is 1. The molecule has 1 aliphatic rings. The normalized spacial score (nSPS) is 18.3. The Hall–Kier alpha value is -2.72. The lowest BCUT2D eigenvalue weighted by molar-refractivity contribution is 0.0938. The first-order valence-electron chi connectivity index (χ1n) is 9.31. The van der Waals surface area contributed by atoms with Crippen molar-refractivity contribution >= 4 is 26.8 Å². The first-order chi connectivity index (χ1) is 13.9. The topological polar surface area (TPSA) is 116 Å². The number of hydrogen-bond donors (Lipinski definition) is 1. The summed E-state index contributed by atoms with van der Waals surface area (Å²) in [4.78, 5) is 17.6. The van der Waals surface area contributed by atoms with E-state index in [1.807, 2.05) is 0 Å². The minimum Gasteiger partial charge on any atom is -0.463 e. The first kappa shape index (κ1) is 19.6. The molecule has 0 aliphatic carbocycles. The molecule has 1 amide bonds. The molecule has 0 saturated carbocycles. The standard InChI is InChI=1S/C19H22N4O5S/c1-12-17-14(19(24)20-6-8-27-2)10-15(16-4-3-7-28-16)21-18(17)23(22-12)13-5-9-29(25,26)11-13/h3-4,7,10,13H,5-6,8-9,11H2,1-2H3,(H,20,24)/t13-/m1/s1. The largest absolute Gasteiger partial charge is 0.463 e. The molecule has 0 unspecified atom stereocenters. The molecule has 0 bridgehead atoms. The summed E-state index contributed by atoms with van der Waals surface area (Å²) in [6.07, 6.45) is 2.01. The van der Waals surface area contributed by atoms with Crippen LogP contribution in [-0.4, -0.2) is 60.9 Å². The van der Waals surface area contributed by atoms with Gasteiger partial charge in [0.25, 0.3) is 5.91 Å². The van der Waals surface area contributed by atoms with Crippen LogP contribution in [0.4, 0.5) is 0 Å². The Kier molecular flexibility index (Phi) is 5.13. The van der Waals surface area contributed by atoms with E-state index in [1.54, 1.807) is 36.9 Å². The van der Waals surface area contributed by atoms with Crippen LogP contribution in [0.5, 0.6) is 0 Å². The summed E-state index contributed by atoms with van der Waals surface area (Å²) in [7, 11) is -1.53. The van der Waals surface area contributed by atoms with Crippen LogP contribution >= 0.6 is 0 Å². The molecule has 1 saturated heterocycles. The van der Waals surface area contributed by atoms with E-state index in [-0.39, 0.29) is 23.5 Å². The zero-order valence-corrected chi connectivity index (χ0v) is 17.0. The molecule has 1 N–H and O–H groups in total.